The van der Waals surface area contributed by atoms with Crippen molar-refractivity contribution in [2.75, 3.05) is 18.4 Å². The molecule has 2 aromatic rings. The summed E-state index contributed by atoms with van der Waals surface area (Å²) in [5, 5.41) is 2.66. The Kier molecular flexibility index (Phi) is 5.17. The quantitative estimate of drug-likeness (QED) is 0.839. The van der Waals surface area contributed by atoms with Crippen molar-refractivity contribution < 1.29 is 9.59 Å². The molecule has 0 aliphatic carbocycles. The molecule has 8 heteroatoms. The lowest BCUT2D eigenvalue weighted by Gasteiger charge is -2.43. The molecule has 2 aliphatic rings. The van der Waals surface area contributed by atoms with E-state index in [0.717, 1.165) is 12.1 Å². The molecule has 1 fully saturated rings. The van der Waals surface area contributed by atoms with Gasteiger partial charge in [-0.25, -0.2) is 4.98 Å². The van der Waals surface area contributed by atoms with E-state index in [1.54, 1.807) is 10.6 Å². The van der Waals surface area contributed by atoms with Gasteiger partial charge in [-0.05, 0) is 29.9 Å². The zero-order valence-corrected chi connectivity index (χ0v) is 17.6. The van der Waals surface area contributed by atoms with E-state index in [9.17, 15) is 14.4 Å². The number of rotatable bonds is 3. The largest absolute Gasteiger partial charge is 0.342 e. The second-order valence-electron chi connectivity index (χ2n) is 9.47. The first-order valence-corrected chi connectivity index (χ1v) is 10.3. The molecule has 4 rings (SSSR count). The number of carbonyl (C=O) groups excluding carboxylic acids is 2. The van der Waals surface area contributed by atoms with Gasteiger partial charge in [0.05, 0.1) is 6.20 Å². The summed E-state index contributed by atoms with van der Waals surface area (Å²) in [5.41, 5.74) is 1.06. The number of hydrogen-bond acceptors (Lipinski definition) is 5. The molecule has 1 saturated heterocycles. The Bertz CT molecular complexity index is 1030. The van der Waals surface area contributed by atoms with Crippen molar-refractivity contribution in [2.24, 2.45) is 11.3 Å². The molecule has 2 bridgehead atoms. The number of anilines is 1. The Morgan fingerprint density at radius 1 is 1.17 bits per heavy atom. The highest BCUT2D eigenvalue weighted by atomic mass is 16.2. The minimum atomic E-state index is -0.462. The number of carbonyl (C=O) groups is 2. The van der Waals surface area contributed by atoms with Crippen LogP contribution in [0.4, 0.5) is 5.69 Å². The Morgan fingerprint density at radius 3 is 2.67 bits per heavy atom. The van der Waals surface area contributed by atoms with Gasteiger partial charge in [-0.3, -0.25) is 19.4 Å². The van der Waals surface area contributed by atoms with Gasteiger partial charge >= 0.3 is 0 Å². The minimum Gasteiger partial charge on any atom is -0.342 e. The van der Waals surface area contributed by atoms with Crippen molar-refractivity contribution in [3.8, 4) is 0 Å². The van der Waals surface area contributed by atoms with Gasteiger partial charge < -0.3 is 14.8 Å². The maximum atomic E-state index is 13.0. The van der Waals surface area contributed by atoms with Gasteiger partial charge in [-0.2, -0.15) is 0 Å². The molecule has 4 heterocycles. The number of pyridine rings is 1. The summed E-state index contributed by atoms with van der Waals surface area (Å²) in [5.74, 6) is 0.0965. The molecule has 158 valence electrons. The summed E-state index contributed by atoms with van der Waals surface area (Å²) in [6, 6.07) is 3.55. The molecule has 2 aromatic heterocycles. The third-order valence-electron chi connectivity index (χ3n) is 5.68. The van der Waals surface area contributed by atoms with Crippen LogP contribution in [0, 0.1) is 11.3 Å². The zero-order chi connectivity index (χ0) is 21.5. The number of nitrogens with zero attached hydrogens (tertiary/aromatic N) is 4. The zero-order valence-electron chi connectivity index (χ0n) is 17.6. The van der Waals surface area contributed by atoms with Gasteiger partial charge in [0.15, 0.2) is 0 Å². The summed E-state index contributed by atoms with van der Waals surface area (Å²) in [7, 11) is 0. The van der Waals surface area contributed by atoms with Gasteiger partial charge in [0.1, 0.15) is 11.4 Å². The number of aromatic nitrogens is 3. The van der Waals surface area contributed by atoms with Crippen molar-refractivity contribution >= 4 is 17.5 Å². The molecule has 2 unspecified atom stereocenters. The second kappa shape index (κ2) is 7.66. The molecular formula is C22H27N5O3. The van der Waals surface area contributed by atoms with Crippen LogP contribution >= 0.6 is 0 Å². The van der Waals surface area contributed by atoms with Crippen molar-refractivity contribution in [1.82, 2.24) is 19.4 Å². The number of amides is 2. The molecular weight excluding hydrogens is 382 g/mol. The van der Waals surface area contributed by atoms with Gasteiger partial charge in [-0.15, -0.1) is 0 Å². The number of nitrogens with one attached hydrogen (secondary N) is 1. The third-order valence-corrected chi connectivity index (χ3v) is 5.68. The maximum Gasteiger partial charge on any atom is 0.276 e. The van der Waals surface area contributed by atoms with Crippen molar-refractivity contribution in [3.05, 3.63) is 52.5 Å². The summed E-state index contributed by atoms with van der Waals surface area (Å²) in [6.07, 6.45) is 5.77. The Morgan fingerprint density at radius 2 is 1.97 bits per heavy atom. The van der Waals surface area contributed by atoms with Crippen molar-refractivity contribution in [1.29, 1.82) is 0 Å². The van der Waals surface area contributed by atoms with E-state index in [4.69, 9.17) is 0 Å². The topological polar surface area (TPSA) is 97.2 Å². The van der Waals surface area contributed by atoms with E-state index >= 15 is 0 Å². The summed E-state index contributed by atoms with van der Waals surface area (Å²) < 4.78 is 1.76. The first-order valence-electron chi connectivity index (χ1n) is 10.3. The van der Waals surface area contributed by atoms with Crippen LogP contribution in [0.1, 0.15) is 55.7 Å². The molecule has 2 amide bonds. The van der Waals surface area contributed by atoms with E-state index < -0.39 is 5.91 Å². The predicted molar refractivity (Wildman–Crippen MR) is 112 cm³/mol. The Labute approximate surface area is 175 Å². The second-order valence-corrected chi connectivity index (χ2v) is 9.47. The van der Waals surface area contributed by atoms with Crippen molar-refractivity contribution in [3.63, 3.8) is 0 Å². The Hall–Kier alpha value is -3.03. The van der Waals surface area contributed by atoms with Crippen LogP contribution in [0.3, 0.4) is 0 Å². The van der Waals surface area contributed by atoms with Crippen LogP contribution < -0.4 is 10.9 Å². The molecule has 2 aliphatic heterocycles. The lowest BCUT2D eigenvalue weighted by molar-refractivity contribution is -0.135. The third kappa shape index (κ3) is 4.13. The fraction of sp³-hybridized carbons (Fsp3) is 0.500. The maximum absolute atomic E-state index is 13.0. The SMILES string of the molecule is CC(C)(C)CC(=O)N1CC2CC(C1)c1ccc(NC(=O)c3cnccn3)c(=O)n1C2. The fourth-order valence-electron chi connectivity index (χ4n) is 4.41. The summed E-state index contributed by atoms with van der Waals surface area (Å²) in [4.78, 5) is 47.9. The molecule has 0 spiro atoms. The molecule has 1 N–H and O–H groups in total. The van der Waals surface area contributed by atoms with Gasteiger partial charge in [0, 0.05) is 50.1 Å². The summed E-state index contributed by atoms with van der Waals surface area (Å²) >= 11 is 0. The molecule has 30 heavy (non-hydrogen) atoms. The lowest BCUT2D eigenvalue weighted by atomic mass is 9.82. The number of fused-ring (bicyclic) bond motifs is 4. The van der Waals surface area contributed by atoms with E-state index in [2.05, 4.69) is 36.1 Å². The first kappa shape index (κ1) is 20.3. The van der Waals surface area contributed by atoms with Gasteiger partial charge in [0.2, 0.25) is 5.91 Å². The standard InChI is InChI=1S/C22H27N5O3/c1-22(2,3)9-19(28)26-11-14-8-15(13-26)18-5-4-16(21(30)27(18)12-14)25-20(29)17-10-23-6-7-24-17/h4-7,10,14-15H,8-9,11-13H2,1-3H3,(H,25,29). The van der Waals surface area contributed by atoms with Crippen LogP contribution in [-0.4, -0.2) is 44.3 Å². The highest BCUT2D eigenvalue weighted by Crippen LogP contribution is 2.36. The highest BCUT2D eigenvalue weighted by molar-refractivity contribution is 6.02. The summed E-state index contributed by atoms with van der Waals surface area (Å²) in [6.45, 7) is 8.08. The van der Waals surface area contributed by atoms with E-state index in [1.807, 2.05) is 11.0 Å². The van der Waals surface area contributed by atoms with E-state index in [1.165, 1.54) is 18.6 Å². The lowest BCUT2D eigenvalue weighted by Crippen LogP contribution is -2.49. The number of piperidine rings is 1. The first-order chi connectivity index (χ1) is 14.2. The van der Waals surface area contributed by atoms with Crippen LogP contribution in [0.2, 0.25) is 0 Å². The molecule has 0 aromatic carbocycles. The fourth-order valence-corrected chi connectivity index (χ4v) is 4.41. The number of likely N-dealkylation sites (tertiary alicyclic amines) is 1. The molecule has 0 saturated carbocycles. The average molecular weight is 409 g/mol. The number of hydrogen-bond donors (Lipinski definition) is 1. The monoisotopic (exact) mass is 409 g/mol. The Balaban J connectivity index is 1.54. The predicted octanol–water partition coefficient (Wildman–Crippen LogP) is 2.27. The normalized spacial score (nSPS) is 20.4. The highest BCUT2D eigenvalue weighted by Gasteiger charge is 2.37. The minimum absolute atomic E-state index is 0.0469. The molecule has 2 atom stereocenters. The van der Waals surface area contributed by atoms with Gasteiger partial charge in [-0.1, -0.05) is 20.8 Å². The molecule has 8 nitrogen and oxygen atoms in total. The van der Waals surface area contributed by atoms with E-state index in [-0.39, 0.29) is 40.1 Å². The van der Waals surface area contributed by atoms with Crippen molar-refractivity contribution in [2.45, 2.75) is 46.1 Å². The average Bonchev–Trinajstić information content (AvgIpc) is 2.69. The van der Waals surface area contributed by atoms with E-state index in [0.29, 0.717) is 26.1 Å². The van der Waals surface area contributed by atoms with Crippen LogP contribution in [-0.2, 0) is 11.3 Å². The van der Waals surface area contributed by atoms with Crippen LogP contribution in [0.15, 0.2) is 35.5 Å². The van der Waals surface area contributed by atoms with Crippen LogP contribution in [0.25, 0.3) is 0 Å². The smallest absolute Gasteiger partial charge is 0.276 e. The van der Waals surface area contributed by atoms with Gasteiger partial charge in [0.25, 0.3) is 11.5 Å². The van der Waals surface area contributed by atoms with Crippen LogP contribution in [0.5, 0.6) is 0 Å². The molecule has 0 radical (unpaired) electrons.